The lowest BCUT2D eigenvalue weighted by Gasteiger charge is -2.19. The Morgan fingerprint density at radius 2 is 1.73 bits per heavy atom. The number of sulfonamides is 1. The molecule has 0 aromatic heterocycles. The van der Waals surface area contributed by atoms with Gasteiger partial charge in [-0.2, -0.15) is 0 Å². The van der Waals surface area contributed by atoms with Crippen molar-refractivity contribution in [2.75, 3.05) is 18.0 Å². The van der Waals surface area contributed by atoms with E-state index < -0.39 is 22.1 Å². The van der Waals surface area contributed by atoms with Gasteiger partial charge in [0.05, 0.1) is 17.5 Å². The summed E-state index contributed by atoms with van der Waals surface area (Å²) in [5.41, 5.74) is 2.76. The number of urea groups is 1. The van der Waals surface area contributed by atoms with E-state index in [0.717, 1.165) is 15.4 Å². The number of benzene rings is 3. The van der Waals surface area contributed by atoms with Crippen LogP contribution < -0.4 is 10.2 Å². The van der Waals surface area contributed by atoms with Crippen molar-refractivity contribution in [3.63, 3.8) is 0 Å². The number of fused-ring (bicyclic) bond motifs is 1. The molecule has 0 radical (unpaired) electrons. The van der Waals surface area contributed by atoms with Crippen molar-refractivity contribution in [2.24, 2.45) is 0 Å². The van der Waals surface area contributed by atoms with E-state index in [1.165, 1.54) is 6.07 Å². The third-order valence-corrected chi connectivity index (χ3v) is 7.94. The van der Waals surface area contributed by atoms with Crippen LogP contribution in [0.3, 0.4) is 0 Å². The molecule has 3 amide bonds. The van der Waals surface area contributed by atoms with Gasteiger partial charge >= 0.3 is 6.03 Å². The molecule has 33 heavy (non-hydrogen) atoms. The van der Waals surface area contributed by atoms with Crippen molar-refractivity contribution in [2.45, 2.75) is 17.4 Å². The zero-order valence-corrected chi connectivity index (χ0v) is 19.0. The highest BCUT2D eigenvalue weighted by Gasteiger charge is 2.39. The fourth-order valence-corrected chi connectivity index (χ4v) is 5.75. The van der Waals surface area contributed by atoms with Crippen molar-refractivity contribution in [3.05, 3.63) is 94.5 Å². The molecular weight excluding hydrogens is 462 g/mol. The quantitative estimate of drug-likeness (QED) is 0.610. The molecular formula is C24H20ClN3O4S. The normalized spacial score (nSPS) is 17.7. The second kappa shape index (κ2) is 8.20. The molecule has 1 N–H and O–H groups in total. The molecule has 2 aliphatic heterocycles. The summed E-state index contributed by atoms with van der Waals surface area (Å²) in [5.74, 6) is -0.175. The van der Waals surface area contributed by atoms with E-state index in [9.17, 15) is 18.0 Å². The highest BCUT2D eigenvalue weighted by atomic mass is 35.5. The van der Waals surface area contributed by atoms with Crippen LogP contribution in [0.4, 0.5) is 10.5 Å². The zero-order valence-electron chi connectivity index (χ0n) is 17.4. The van der Waals surface area contributed by atoms with Gasteiger partial charge in [-0.05, 0) is 60.0 Å². The van der Waals surface area contributed by atoms with Crippen LogP contribution in [0.25, 0.3) is 0 Å². The highest BCUT2D eigenvalue weighted by Crippen LogP contribution is 2.33. The topological polar surface area (TPSA) is 86.8 Å². The van der Waals surface area contributed by atoms with E-state index in [1.807, 2.05) is 30.3 Å². The van der Waals surface area contributed by atoms with Gasteiger partial charge in [0.2, 0.25) is 0 Å². The average molecular weight is 482 g/mol. The van der Waals surface area contributed by atoms with Gasteiger partial charge < -0.3 is 10.2 Å². The summed E-state index contributed by atoms with van der Waals surface area (Å²) in [5, 5.41) is 3.28. The lowest BCUT2D eigenvalue weighted by Crippen LogP contribution is -2.34. The van der Waals surface area contributed by atoms with Crippen molar-refractivity contribution < 1.29 is 18.0 Å². The summed E-state index contributed by atoms with van der Waals surface area (Å²) in [6.45, 7) is 0.462. The van der Waals surface area contributed by atoms with Crippen LogP contribution in [0.1, 0.15) is 27.5 Å². The van der Waals surface area contributed by atoms with Crippen LogP contribution in [0, 0.1) is 0 Å². The van der Waals surface area contributed by atoms with Crippen LogP contribution >= 0.6 is 11.6 Å². The minimum Gasteiger partial charge on any atom is -0.328 e. The molecule has 1 atom stereocenters. The molecule has 5 rings (SSSR count). The smallest absolute Gasteiger partial charge is 0.328 e. The Morgan fingerprint density at radius 1 is 1.00 bits per heavy atom. The van der Waals surface area contributed by atoms with Crippen molar-refractivity contribution in [1.82, 2.24) is 9.62 Å². The van der Waals surface area contributed by atoms with Gasteiger partial charge in [-0.15, -0.1) is 0 Å². The van der Waals surface area contributed by atoms with Crippen LogP contribution in [0.2, 0.25) is 5.02 Å². The number of rotatable bonds is 4. The van der Waals surface area contributed by atoms with E-state index in [1.54, 1.807) is 41.3 Å². The number of hydrogen-bond acceptors (Lipinski definition) is 4. The second-order valence-electron chi connectivity index (χ2n) is 7.95. The number of carbonyl (C=O) groups excluding carboxylic acids is 2. The van der Waals surface area contributed by atoms with E-state index in [2.05, 4.69) is 5.32 Å². The molecule has 1 unspecified atom stereocenters. The molecule has 0 spiro atoms. The maximum absolute atomic E-state index is 13.3. The van der Waals surface area contributed by atoms with E-state index in [0.29, 0.717) is 29.2 Å². The first kappa shape index (κ1) is 21.5. The minimum atomic E-state index is -4.04. The number of anilines is 1. The molecule has 0 bridgehead atoms. The largest absolute Gasteiger partial charge is 0.331 e. The molecule has 2 aliphatic rings. The van der Waals surface area contributed by atoms with Gasteiger partial charge in [-0.1, -0.05) is 41.9 Å². The zero-order chi connectivity index (χ0) is 23.2. The van der Waals surface area contributed by atoms with Crippen LogP contribution in [-0.4, -0.2) is 37.8 Å². The van der Waals surface area contributed by atoms with E-state index in [4.69, 9.17) is 11.6 Å². The third kappa shape index (κ3) is 3.85. The Bertz CT molecular complexity index is 1340. The van der Waals surface area contributed by atoms with Crippen LogP contribution in [0.15, 0.2) is 77.7 Å². The maximum atomic E-state index is 13.3. The van der Waals surface area contributed by atoms with Gasteiger partial charge in [0.25, 0.3) is 15.9 Å². The first-order valence-electron chi connectivity index (χ1n) is 10.4. The van der Waals surface area contributed by atoms with Crippen LogP contribution in [-0.2, 0) is 16.4 Å². The molecule has 0 saturated carbocycles. The lowest BCUT2D eigenvalue weighted by molar-refractivity contribution is 0.0989. The molecule has 3 aromatic rings. The van der Waals surface area contributed by atoms with Crippen LogP contribution in [0.5, 0.6) is 0 Å². The predicted molar refractivity (Wildman–Crippen MR) is 125 cm³/mol. The summed E-state index contributed by atoms with van der Waals surface area (Å²) in [6.07, 6.45) is 0.525. The predicted octanol–water partition coefficient (Wildman–Crippen LogP) is 4.00. The first-order valence-corrected chi connectivity index (χ1v) is 12.2. The van der Waals surface area contributed by atoms with Gasteiger partial charge in [-0.3, -0.25) is 4.79 Å². The fraction of sp³-hybridized carbons (Fsp3) is 0.167. The Balaban J connectivity index is 1.39. The number of nitrogens with zero attached hydrogens (tertiary/aromatic N) is 2. The third-order valence-electron chi connectivity index (χ3n) is 5.95. The van der Waals surface area contributed by atoms with Gasteiger partial charge in [-0.25, -0.2) is 17.5 Å². The Kier molecular flexibility index (Phi) is 5.34. The van der Waals surface area contributed by atoms with E-state index in [-0.39, 0.29) is 17.3 Å². The molecule has 0 aliphatic carbocycles. The second-order valence-corrected chi connectivity index (χ2v) is 10.3. The maximum Gasteiger partial charge on any atom is 0.331 e. The molecule has 1 fully saturated rings. The number of amides is 3. The number of carbonyl (C=O) groups is 2. The molecule has 168 valence electrons. The number of hydrogen-bond donors (Lipinski definition) is 1. The van der Waals surface area contributed by atoms with Gasteiger partial charge in [0.1, 0.15) is 0 Å². The first-order chi connectivity index (χ1) is 15.8. The Morgan fingerprint density at radius 3 is 2.45 bits per heavy atom. The Hall–Kier alpha value is -3.36. The molecule has 7 nitrogen and oxygen atoms in total. The van der Waals surface area contributed by atoms with Crippen molar-refractivity contribution >= 4 is 39.2 Å². The average Bonchev–Trinajstić information content (AvgIpc) is 3.43. The SMILES string of the molecule is O=C(c1ccc(Cl)cc1)N1CCc2cc(S(=O)(=O)N3CC(c4ccccc4)NC3=O)ccc21. The van der Waals surface area contributed by atoms with Crippen molar-refractivity contribution in [1.29, 1.82) is 0 Å². The summed E-state index contributed by atoms with van der Waals surface area (Å²) >= 11 is 5.91. The molecule has 1 saturated heterocycles. The summed E-state index contributed by atoms with van der Waals surface area (Å²) in [6, 6.07) is 19.5. The Labute approximate surface area is 196 Å². The standard InChI is InChI=1S/C24H20ClN3O4S/c25-19-8-6-17(7-9-19)23(29)27-13-12-18-14-20(10-11-22(18)27)33(31,32)28-15-21(26-24(28)30)16-4-2-1-3-5-16/h1-11,14,21H,12-13,15H2,(H,26,30). The monoisotopic (exact) mass is 481 g/mol. The molecule has 9 heteroatoms. The summed E-state index contributed by atoms with van der Waals surface area (Å²) in [7, 11) is -4.04. The van der Waals surface area contributed by atoms with E-state index >= 15 is 0 Å². The number of nitrogens with one attached hydrogen (secondary N) is 1. The fourth-order valence-electron chi connectivity index (χ4n) is 4.22. The molecule has 3 aromatic carbocycles. The lowest BCUT2D eigenvalue weighted by atomic mass is 10.1. The van der Waals surface area contributed by atoms with Gasteiger partial charge in [0, 0.05) is 22.8 Å². The highest BCUT2D eigenvalue weighted by molar-refractivity contribution is 7.89. The number of halogens is 1. The van der Waals surface area contributed by atoms with Crippen molar-refractivity contribution in [3.8, 4) is 0 Å². The molecule has 2 heterocycles. The minimum absolute atomic E-state index is 0.0173. The van der Waals surface area contributed by atoms with Gasteiger partial charge in [0.15, 0.2) is 0 Å². The summed E-state index contributed by atoms with van der Waals surface area (Å²) in [4.78, 5) is 27.1. The summed E-state index contributed by atoms with van der Waals surface area (Å²) < 4.78 is 27.4.